The van der Waals surface area contributed by atoms with Crippen molar-refractivity contribution in [2.75, 3.05) is 32.9 Å². The van der Waals surface area contributed by atoms with E-state index in [4.69, 9.17) is 9.84 Å². The lowest BCUT2D eigenvalue weighted by molar-refractivity contribution is 0.0341. The standard InChI is InChI=1S/C14H17NO2/c16-9-3-6-13-4-1-2-5-14(13)12-15-7-10-17-11-8-15/h1-2,4-5,16H,7-12H2. The summed E-state index contributed by atoms with van der Waals surface area (Å²) in [6, 6.07) is 8.10. The molecule has 0 aliphatic carbocycles. The van der Waals surface area contributed by atoms with Crippen molar-refractivity contribution in [1.29, 1.82) is 0 Å². The molecule has 1 aliphatic heterocycles. The summed E-state index contributed by atoms with van der Waals surface area (Å²) in [6.45, 7) is 4.38. The Hall–Kier alpha value is -1.34. The molecule has 1 aromatic rings. The van der Waals surface area contributed by atoms with E-state index in [9.17, 15) is 0 Å². The fraction of sp³-hybridized carbons (Fsp3) is 0.429. The first-order valence-corrected chi connectivity index (χ1v) is 5.88. The van der Waals surface area contributed by atoms with Gasteiger partial charge in [-0.2, -0.15) is 0 Å². The lowest BCUT2D eigenvalue weighted by atomic mass is 10.1. The van der Waals surface area contributed by atoms with Crippen LogP contribution in [0.1, 0.15) is 11.1 Å². The molecule has 1 saturated heterocycles. The van der Waals surface area contributed by atoms with Crippen LogP contribution in [0.2, 0.25) is 0 Å². The lowest BCUT2D eigenvalue weighted by Gasteiger charge is -2.26. The minimum atomic E-state index is -0.0914. The number of aliphatic hydroxyl groups is 1. The van der Waals surface area contributed by atoms with Gasteiger partial charge in [-0.05, 0) is 11.6 Å². The van der Waals surface area contributed by atoms with Crippen molar-refractivity contribution in [1.82, 2.24) is 4.90 Å². The van der Waals surface area contributed by atoms with Gasteiger partial charge in [-0.3, -0.25) is 4.90 Å². The molecule has 1 heterocycles. The van der Waals surface area contributed by atoms with E-state index in [0.717, 1.165) is 38.4 Å². The normalized spacial score (nSPS) is 16.3. The highest BCUT2D eigenvalue weighted by atomic mass is 16.5. The number of ether oxygens (including phenoxy) is 1. The van der Waals surface area contributed by atoms with E-state index in [2.05, 4.69) is 22.8 Å². The van der Waals surface area contributed by atoms with E-state index in [0.29, 0.717) is 0 Å². The highest BCUT2D eigenvalue weighted by Gasteiger charge is 2.11. The highest BCUT2D eigenvalue weighted by Crippen LogP contribution is 2.11. The second-order valence-electron chi connectivity index (χ2n) is 4.01. The summed E-state index contributed by atoms with van der Waals surface area (Å²) in [5.41, 5.74) is 2.23. The molecule has 3 heteroatoms. The Morgan fingerprint density at radius 1 is 1.24 bits per heavy atom. The molecule has 0 aromatic heterocycles. The third-order valence-electron chi connectivity index (χ3n) is 2.82. The molecule has 0 bridgehead atoms. The van der Waals surface area contributed by atoms with Gasteiger partial charge in [0, 0.05) is 25.2 Å². The van der Waals surface area contributed by atoms with Crippen LogP contribution in [0.3, 0.4) is 0 Å². The zero-order chi connectivity index (χ0) is 11.9. The van der Waals surface area contributed by atoms with E-state index in [-0.39, 0.29) is 6.61 Å². The Morgan fingerprint density at radius 3 is 2.76 bits per heavy atom. The molecule has 0 atom stereocenters. The summed E-state index contributed by atoms with van der Waals surface area (Å²) >= 11 is 0. The largest absolute Gasteiger partial charge is 0.384 e. The van der Waals surface area contributed by atoms with Crippen molar-refractivity contribution in [3.8, 4) is 11.8 Å². The fourth-order valence-corrected chi connectivity index (χ4v) is 1.92. The molecule has 90 valence electrons. The molecule has 1 fully saturated rings. The number of nitrogens with zero attached hydrogens (tertiary/aromatic N) is 1. The molecule has 1 aromatic carbocycles. The van der Waals surface area contributed by atoms with Crippen LogP contribution in [0.25, 0.3) is 0 Å². The van der Waals surface area contributed by atoms with Crippen LogP contribution < -0.4 is 0 Å². The number of hydrogen-bond acceptors (Lipinski definition) is 3. The Bertz CT molecular complexity index is 414. The molecule has 2 rings (SSSR count). The Kier molecular flexibility index (Phi) is 4.57. The van der Waals surface area contributed by atoms with Crippen molar-refractivity contribution in [2.45, 2.75) is 6.54 Å². The third kappa shape index (κ3) is 3.57. The van der Waals surface area contributed by atoms with Gasteiger partial charge >= 0.3 is 0 Å². The summed E-state index contributed by atoms with van der Waals surface area (Å²) in [5, 5.41) is 8.74. The smallest absolute Gasteiger partial charge is 0.104 e. The molecule has 0 spiro atoms. The number of rotatable bonds is 2. The van der Waals surface area contributed by atoms with Gasteiger partial charge < -0.3 is 9.84 Å². The van der Waals surface area contributed by atoms with Gasteiger partial charge in [0.05, 0.1) is 13.2 Å². The number of benzene rings is 1. The van der Waals surface area contributed by atoms with Crippen molar-refractivity contribution >= 4 is 0 Å². The van der Waals surface area contributed by atoms with Crippen molar-refractivity contribution < 1.29 is 9.84 Å². The Labute approximate surface area is 102 Å². The third-order valence-corrected chi connectivity index (χ3v) is 2.82. The SMILES string of the molecule is OCC#Cc1ccccc1CN1CCOCC1. The predicted octanol–water partition coefficient (Wildman–Crippen LogP) is 0.863. The quantitative estimate of drug-likeness (QED) is 0.766. The van der Waals surface area contributed by atoms with Crippen LogP contribution in [0.15, 0.2) is 24.3 Å². The van der Waals surface area contributed by atoms with E-state index < -0.39 is 0 Å². The number of aliphatic hydroxyl groups excluding tert-OH is 1. The van der Waals surface area contributed by atoms with Gasteiger partial charge in [0.15, 0.2) is 0 Å². The second-order valence-corrected chi connectivity index (χ2v) is 4.01. The van der Waals surface area contributed by atoms with Crippen molar-refractivity contribution in [2.24, 2.45) is 0 Å². The first-order chi connectivity index (χ1) is 8.40. The molecule has 0 amide bonds. The maximum absolute atomic E-state index is 8.74. The molecule has 0 unspecified atom stereocenters. The summed E-state index contributed by atoms with van der Waals surface area (Å²) in [6.07, 6.45) is 0. The van der Waals surface area contributed by atoms with Gasteiger partial charge in [0.25, 0.3) is 0 Å². The van der Waals surface area contributed by atoms with Crippen LogP contribution in [-0.2, 0) is 11.3 Å². The van der Waals surface area contributed by atoms with Gasteiger partial charge in [-0.25, -0.2) is 0 Å². The van der Waals surface area contributed by atoms with Gasteiger partial charge in [0.1, 0.15) is 6.61 Å². The molecule has 1 N–H and O–H groups in total. The molecule has 3 nitrogen and oxygen atoms in total. The van der Waals surface area contributed by atoms with Crippen molar-refractivity contribution in [3.63, 3.8) is 0 Å². The number of hydrogen-bond donors (Lipinski definition) is 1. The van der Waals surface area contributed by atoms with E-state index in [1.807, 2.05) is 18.2 Å². The van der Waals surface area contributed by atoms with Gasteiger partial charge in [0.2, 0.25) is 0 Å². The van der Waals surface area contributed by atoms with Gasteiger partial charge in [-0.15, -0.1) is 0 Å². The van der Waals surface area contributed by atoms with Crippen LogP contribution in [0.5, 0.6) is 0 Å². The maximum atomic E-state index is 8.74. The first-order valence-electron chi connectivity index (χ1n) is 5.88. The predicted molar refractivity (Wildman–Crippen MR) is 66.5 cm³/mol. The monoisotopic (exact) mass is 231 g/mol. The topological polar surface area (TPSA) is 32.7 Å². The van der Waals surface area contributed by atoms with E-state index in [1.54, 1.807) is 0 Å². The molecule has 0 radical (unpaired) electrons. The molecule has 17 heavy (non-hydrogen) atoms. The first kappa shape index (κ1) is 12.1. The summed E-state index contributed by atoms with van der Waals surface area (Å²) in [4.78, 5) is 2.36. The Balaban J connectivity index is 2.08. The van der Waals surface area contributed by atoms with E-state index >= 15 is 0 Å². The highest BCUT2D eigenvalue weighted by molar-refractivity contribution is 5.41. The summed E-state index contributed by atoms with van der Waals surface area (Å²) in [7, 11) is 0. The Morgan fingerprint density at radius 2 is 2.00 bits per heavy atom. The number of morpholine rings is 1. The van der Waals surface area contributed by atoms with Gasteiger partial charge in [-0.1, -0.05) is 30.0 Å². The van der Waals surface area contributed by atoms with Crippen LogP contribution >= 0.6 is 0 Å². The average molecular weight is 231 g/mol. The molecular weight excluding hydrogens is 214 g/mol. The minimum absolute atomic E-state index is 0.0914. The summed E-state index contributed by atoms with van der Waals surface area (Å²) in [5.74, 6) is 5.70. The average Bonchev–Trinajstić information content (AvgIpc) is 2.39. The summed E-state index contributed by atoms with van der Waals surface area (Å²) < 4.78 is 5.33. The molecule has 1 aliphatic rings. The zero-order valence-corrected chi connectivity index (χ0v) is 9.85. The van der Waals surface area contributed by atoms with Crippen molar-refractivity contribution in [3.05, 3.63) is 35.4 Å². The second kappa shape index (κ2) is 6.41. The molecular formula is C14H17NO2. The zero-order valence-electron chi connectivity index (χ0n) is 9.85. The fourth-order valence-electron chi connectivity index (χ4n) is 1.92. The lowest BCUT2D eigenvalue weighted by Crippen LogP contribution is -2.35. The molecule has 0 saturated carbocycles. The van der Waals surface area contributed by atoms with Crippen LogP contribution in [0, 0.1) is 11.8 Å². The van der Waals surface area contributed by atoms with E-state index in [1.165, 1.54) is 5.56 Å². The maximum Gasteiger partial charge on any atom is 0.104 e. The van der Waals surface area contributed by atoms with Crippen LogP contribution in [-0.4, -0.2) is 42.9 Å². The minimum Gasteiger partial charge on any atom is -0.384 e. The van der Waals surface area contributed by atoms with Crippen LogP contribution in [0.4, 0.5) is 0 Å².